The number of hydrogen-bond acceptors (Lipinski definition) is 2. The molecule has 0 N–H and O–H groups in total. The average Bonchev–Trinajstić information content (AvgIpc) is 2.63. The molecular formula is C20H21NO. The normalized spacial score (nSPS) is 26.8. The molecule has 0 saturated carbocycles. The van der Waals surface area contributed by atoms with Crippen LogP contribution in [0.2, 0.25) is 0 Å². The van der Waals surface area contributed by atoms with E-state index in [9.17, 15) is 4.79 Å². The largest absolute Gasteiger partial charge is 0.303 e. The number of carbonyl (C=O) groups is 1. The summed E-state index contributed by atoms with van der Waals surface area (Å²) in [5.41, 5.74) is 3.24. The summed E-state index contributed by atoms with van der Waals surface area (Å²) < 4.78 is 0. The van der Waals surface area contributed by atoms with Crippen molar-refractivity contribution >= 4 is 5.78 Å². The SMILES string of the molecule is O=C(c1ccc(-c2ccccc2)cc1)C1CN2CCC1CC2. The highest BCUT2D eigenvalue weighted by Gasteiger charge is 2.38. The van der Waals surface area contributed by atoms with E-state index in [1.807, 2.05) is 30.3 Å². The summed E-state index contributed by atoms with van der Waals surface area (Å²) in [6, 6.07) is 18.5. The Morgan fingerprint density at radius 3 is 2.09 bits per heavy atom. The monoisotopic (exact) mass is 291 g/mol. The number of hydrogen-bond donors (Lipinski definition) is 0. The van der Waals surface area contributed by atoms with Gasteiger partial charge >= 0.3 is 0 Å². The van der Waals surface area contributed by atoms with E-state index < -0.39 is 0 Å². The summed E-state index contributed by atoms with van der Waals surface area (Å²) in [6.45, 7) is 3.33. The van der Waals surface area contributed by atoms with Crippen molar-refractivity contribution < 1.29 is 4.79 Å². The quantitative estimate of drug-likeness (QED) is 0.800. The van der Waals surface area contributed by atoms with Gasteiger partial charge in [-0.05, 0) is 43.0 Å². The molecule has 0 spiro atoms. The van der Waals surface area contributed by atoms with Crippen LogP contribution < -0.4 is 0 Å². The van der Waals surface area contributed by atoms with E-state index in [2.05, 4.69) is 29.2 Å². The Hall–Kier alpha value is -1.93. The minimum atomic E-state index is 0.213. The molecule has 112 valence electrons. The molecule has 0 aromatic heterocycles. The molecule has 1 atom stereocenters. The molecule has 0 radical (unpaired) electrons. The summed E-state index contributed by atoms with van der Waals surface area (Å²) >= 11 is 0. The molecule has 2 aromatic carbocycles. The fraction of sp³-hybridized carbons (Fsp3) is 0.350. The van der Waals surface area contributed by atoms with Crippen LogP contribution in [0.25, 0.3) is 11.1 Å². The fourth-order valence-electron chi connectivity index (χ4n) is 3.93. The Morgan fingerprint density at radius 1 is 0.864 bits per heavy atom. The smallest absolute Gasteiger partial charge is 0.167 e. The third kappa shape index (κ3) is 2.48. The highest BCUT2D eigenvalue weighted by molar-refractivity contribution is 5.98. The highest BCUT2D eigenvalue weighted by atomic mass is 16.1. The van der Waals surface area contributed by atoms with Crippen LogP contribution in [-0.4, -0.2) is 30.3 Å². The number of Topliss-reactive ketones (excluding diaryl/α,β-unsaturated/α-hetero) is 1. The summed E-state index contributed by atoms with van der Waals surface area (Å²) in [5.74, 6) is 1.16. The molecule has 3 aliphatic rings. The van der Waals surface area contributed by atoms with E-state index in [0.29, 0.717) is 11.7 Å². The van der Waals surface area contributed by atoms with Crippen LogP contribution in [0.3, 0.4) is 0 Å². The van der Waals surface area contributed by atoms with Gasteiger partial charge in [-0.2, -0.15) is 0 Å². The molecule has 0 aliphatic carbocycles. The van der Waals surface area contributed by atoms with Crippen molar-refractivity contribution in [2.24, 2.45) is 11.8 Å². The van der Waals surface area contributed by atoms with Crippen molar-refractivity contribution in [1.29, 1.82) is 0 Å². The maximum atomic E-state index is 12.8. The average molecular weight is 291 g/mol. The Morgan fingerprint density at radius 2 is 1.50 bits per heavy atom. The molecular weight excluding hydrogens is 270 g/mol. The second kappa shape index (κ2) is 5.69. The van der Waals surface area contributed by atoms with Crippen LogP contribution in [0, 0.1) is 11.8 Å². The van der Waals surface area contributed by atoms with E-state index in [0.717, 1.165) is 12.1 Å². The van der Waals surface area contributed by atoms with Crippen molar-refractivity contribution in [1.82, 2.24) is 4.90 Å². The molecule has 0 amide bonds. The molecule has 3 saturated heterocycles. The van der Waals surface area contributed by atoms with Crippen molar-refractivity contribution in [2.45, 2.75) is 12.8 Å². The molecule has 1 unspecified atom stereocenters. The molecule has 3 fully saturated rings. The lowest BCUT2D eigenvalue weighted by Crippen LogP contribution is -2.50. The first kappa shape index (κ1) is 13.7. The van der Waals surface area contributed by atoms with E-state index in [1.165, 1.54) is 37.1 Å². The lowest BCUT2D eigenvalue weighted by atomic mass is 9.75. The zero-order valence-electron chi connectivity index (χ0n) is 12.7. The van der Waals surface area contributed by atoms with Gasteiger partial charge in [0, 0.05) is 18.0 Å². The van der Waals surface area contributed by atoms with Crippen LogP contribution in [0.4, 0.5) is 0 Å². The van der Waals surface area contributed by atoms with Crippen LogP contribution in [0.1, 0.15) is 23.2 Å². The Kier molecular flexibility index (Phi) is 3.55. The zero-order chi connectivity index (χ0) is 14.9. The van der Waals surface area contributed by atoms with Crippen LogP contribution in [0.15, 0.2) is 54.6 Å². The lowest BCUT2D eigenvalue weighted by molar-refractivity contribution is 0.0419. The summed E-state index contributed by atoms with van der Waals surface area (Å²) in [4.78, 5) is 15.3. The zero-order valence-corrected chi connectivity index (χ0v) is 12.7. The summed E-state index contributed by atoms with van der Waals surface area (Å²) in [5, 5.41) is 0. The second-order valence-electron chi connectivity index (χ2n) is 6.55. The van der Waals surface area contributed by atoms with E-state index in [1.54, 1.807) is 0 Å². The molecule has 2 bridgehead atoms. The fourth-order valence-corrected chi connectivity index (χ4v) is 3.93. The lowest BCUT2D eigenvalue weighted by Gasteiger charge is -2.44. The maximum absolute atomic E-state index is 12.8. The predicted molar refractivity (Wildman–Crippen MR) is 88.9 cm³/mol. The van der Waals surface area contributed by atoms with Crippen LogP contribution in [-0.2, 0) is 0 Å². The number of piperidine rings is 3. The van der Waals surface area contributed by atoms with E-state index >= 15 is 0 Å². The van der Waals surface area contributed by atoms with Gasteiger partial charge in [-0.3, -0.25) is 4.79 Å². The van der Waals surface area contributed by atoms with Crippen LogP contribution in [0.5, 0.6) is 0 Å². The predicted octanol–water partition coefficient (Wildman–Crippen LogP) is 3.88. The van der Waals surface area contributed by atoms with Gasteiger partial charge in [0.25, 0.3) is 0 Å². The summed E-state index contributed by atoms with van der Waals surface area (Å²) in [7, 11) is 0. The molecule has 2 nitrogen and oxygen atoms in total. The number of rotatable bonds is 3. The van der Waals surface area contributed by atoms with Gasteiger partial charge in [0.05, 0.1) is 0 Å². The number of nitrogens with zero attached hydrogens (tertiary/aromatic N) is 1. The number of fused-ring (bicyclic) bond motifs is 3. The molecule has 5 rings (SSSR count). The molecule has 3 heterocycles. The Labute approximate surface area is 131 Å². The number of ketones is 1. The number of benzene rings is 2. The van der Waals surface area contributed by atoms with Gasteiger partial charge in [0.2, 0.25) is 0 Å². The minimum Gasteiger partial charge on any atom is -0.303 e. The molecule has 2 heteroatoms. The first-order valence-corrected chi connectivity index (χ1v) is 8.23. The molecule has 3 aliphatic heterocycles. The van der Waals surface area contributed by atoms with Crippen molar-refractivity contribution in [3.05, 3.63) is 60.2 Å². The van der Waals surface area contributed by atoms with E-state index in [4.69, 9.17) is 0 Å². The topological polar surface area (TPSA) is 20.3 Å². The second-order valence-corrected chi connectivity index (χ2v) is 6.55. The van der Waals surface area contributed by atoms with Crippen LogP contribution >= 0.6 is 0 Å². The Balaban J connectivity index is 1.54. The van der Waals surface area contributed by atoms with E-state index in [-0.39, 0.29) is 5.92 Å². The minimum absolute atomic E-state index is 0.213. The van der Waals surface area contributed by atoms with Gasteiger partial charge in [0.15, 0.2) is 5.78 Å². The number of carbonyl (C=O) groups excluding carboxylic acids is 1. The van der Waals surface area contributed by atoms with Crippen molar-refractivity contribution in [3.8, 4) is 11.1 Å². The molecule has 22 heavy (non-hydrogen) atoms. The standard InChI is InChI=1S/C20H21NO/c22-20(19-14-21-12-10-17(19)11-13-21)18-8-6-16(7-9-18)15-4-2-1-3-5-15/h1-9,17,19H,10-14H2. The van der Waals surface area contributed by atoms with Gasteiger partial charge in [-0.15, -0.1) is 0 Å². The van der Waals surface area contributed by atoms with Gasteiger partial charge in [0.1, 0.15) is 0 Å². The maximum Gasteiger partial charge on any atom is 0.167 e. The third-order valence-electron chi connectivity index (χ3n) is 5.27. The van der Waals surface area contributed by atoms with Crippen molar-refractivity contribution in [2.75, 3.05) is 19.6 Å². The summed E-state index contributed by atoms with van der Waals surface area (Å²) in [6.07, 6.45) is 2.39. The van der Waals surface area contributed by atoms with Crippen molar-refractivity contribution in [3.63, 3.8) is 0 Å². The van der Waals surface area contributed by atoms with Gasteiger partial charge in [-0.1, -0.05) is 54.6 Å². The first-order valence-electron chi connectivity index (χ1n) is 8.23. The van der Waals surface area contributed by atoms with Gasteiger partial charge < -0.3 is 4.90 Å². The molecule has 2 aromatic rings. The Bertz CT molecular complexity index is 654. The highest BCUT2D eigenvalue weighted by Crippen LogP contribution is 2.34. The first-order chi connectivity index (χ1) is 10.8. The third-order valence-corrected chi connectivity index (χ3v) is 5.27. The van der Waals surface area contributed by atoms with Gasteiger partial charge in [-0.25, -0.2) is 0 Å².